The number of amides is 1. The Labute approximate surface area is 90.5 Å². The first-order valence-corrected chi connectivity index (χ1v) is 4.50. The van der Waals surface area contributed by atoms with Gasteiger partial charge in [-0.2, -0.15) is 5.10 Å². The Bertz CT molecular complexity index is 495. The summed E-state index contributed by atoms with van der Waals surface area (Å²) in [6, 6.07) is 4.75. The van der Waals surface area contributed by atoms with Crippen molar-refractivity contribution in [2.24, 2.45) is 5.73 Å². The molecule has 0 atom stereocenters. The monoisotopic (exact) mass is 222 g/mol. The van der Waals surface area contributed by atoms with Crippen LogP contribution in [0.4, 0.5) is 0 Å². The number of rotatable bonds is 2. The second kappa shape index (κ2) is 3.70. The van der Waals surface area contributed by atoms with E-state index in [1.54, 1.807) is 12.1 Å². The van der Waals surface area contributed by atoms with Gasteiger partial charge in [-0.25, -0.2) is 9.67 Å². The summed E-state index contributed by atoms with van der Waals surface area (Å²) in [5.41, 5.74) is 6.14. The van der Waals surface area contributed by atoms with E-state index in [2.05, 4.69) is 10.1 Å². The lowest BCUT2D eigenvalue weighted by Crippen LogP contribution is -2.11. The first-order chi connectivity index (χ1) is 7.18. The molecule has 0 radical (unpaired) electrons. The Hall–Kier alpha value is -1.88. The molecule has 1 amide bonds. The number of nitrogens with two attached hydrogens (primary N) is 1. The Balaban J connectivity index is 2.48. The summed E-state index contributed by atoms with van der Waals surface area (Å²) < 4.78 is 1.51. The molecule has 1 aromatic carbocycles. The topological polar surface area (TPSA) is 73.8 Å². The number of nitrogens with zero attached hydrogens (tertiary/aromatic N) is 3. The second-order valence-corrected chi connectivity index (χ2v) is 3.28. The van der Waals surface area contributed by atoms with Crippen molar-refractivity contribution in [3.63, 3.8) is 0 Å². The SMILES string of the molecule is NC(=O)c1ccc(-n2cncn2)c(Cl)c1. The maximum absolute atomic E-state index is 10.9. The van der Waals surface area contributed by atoms with E-state index < -0.39 is 5.91 Å². The van der Waals surface area contributed by atoms with Gasteiger partial charge in [-0.15, -0.1) is 0 Å². The molecule has 0 fully saturated rings. The zero-order chi connectivity index (χ0) is 10.8. The van der Waals surface area contributed by atoms with E-state index >= 15 is 0 Å². The lowest BCUT2D eigenvalue weighted by molar-refractivity contribution is 0.100. The highest BCUT2D eigenvalue weighted by molar-refractivity contribution is 6.32. The fraction of sp³-hybridized carbons (Fsp3) is 0. The van der Waals surface area contributed by atoms with Crippen LogP contribution in [0.25, 0.3) is 5.69 Å². The van der Waals surface area contributed by atoms with E-state index in [1.807, 2.05) is 0 Å². The molecule has 6 heteroatoms. The molecule has 0 saturated heterocycles. The molecule has 0 aliphatic carbocycles. The average Bonchev–Trinajstić information content (AvgIpc) is 2.70. The maximum Gasteiger partial charge on any atom is 0.248 e. The van der Waals surface area contributed by atoms with E-state index in [0.717, 1.165) is 0 Å². The third-order valence-corrected chi connectivity index (χ3v) is 2.20. The number of benzene rings is 1. The molecule has 76 valence electrons. The highest BCUT2D eigenvalue weighted by Gasteiger charge is 2.07. The van der Waals surface area contributed by atoms with Crippen molar-refractivity contribution in [3.8, 4) is 5.69 Å². The molecule has 0 saturated carbocycles. The Kier molecular flexibility index (Phi) is 2.39. The molecule has 5 nitrogen and oxygen atoms in total. The van der Waals surface area contributed by atoms with Crippen LogP contribution in [-0.4, -0.2) is 20.7 Å². The van der Waals surface area contributed by atoms with Crippen molar-refractivity contribution in [1.29, 1.82) is 0 Å². The van der Waals surface area contributed by atoms with Gasteiger partial charge in [0.15, 0.2) is 0 Å². The third kappa shape index (κ3) is 1.82. The highest BCUT2D eigenvalue weighted by atomic mass is 35.5. The van der Waals surface area contributed by atoms with Crippen LogP contribution in [0.2, 0.25) is 5.02 Å². The van der Waals surface area contributed by atoms with Gasteiger partial charge in [0.05, 0.1) is 10.7 Å². The van der Waals surface area contributed by atoms with Gasteiger partial charge in [0.1, 0.15) is 12.7 Å². The van der Waals surface area contributed by atoms with Crippen molar-refractivity contribution in [2.45, 2.75) is 0 Å². The fourth-order valence-electron chi connectivity index (χ4n) is 1.18. The molecular formula is C9H7ClN4O. The van der Waals surface area contributed by atoms with Crippen LogP contribution in [0.3, 0.4) is 0 Å². The van der Waals surface area contributed by atoms with Crippen LogP contribution in [0, 0.1) is 0 Å². The molecule has 0 bridgehead atoms. The summed E-state index contributed by atoms with van der Waals surface area (Å²) in [7, 11) is 0. The molecule has 1 aromatic heterocycles. The summed E-state index contributed by atoms with van der Waals surface area (Å²) in [5.74, 6) is -0.512. The molecule has 0 spiro atoms. The molecule has 0 aliphatic rings. The number of hydrogen-bond acceptors (Lipinski definition) is 3. The summed E-state index contributed by atoms with van der Waals surface area (Å²) in [4.78, 5) is 14.7. The van der Waals surface area contributed by atoms with Crippen molar-refractivity contribution in [2.75, 3.05) is 0 Å². The quantitative estimate of drug-likeness (QED) is 0.825. The van der Waals surface area contributed by atoms with Crippen molar-refractivity contribution in [1.82, 2.24) is 14.8 Å². The van der Waals surface area contributed by atoms with Crippen LogP contribution >= 0.6 is 11.6 Å². The molecule has 0 unspecified atom stereocenters. The third-order valence-electron chi connectivity index (χ3n) is 1.90. The largest absolute Gasteiger partial charge is 0.366 e. The molecular weight excluding hydrogens is 216 g/mol. The first kappa shape index (κ1) is 9.67. The fourth-order valence-corrected chi connectivity index (χ4v) is 1.45. The Morgan fingerprint density at radius 1 is 1.47 bits per heavy atom. The van der Waals surface area contributed by atoms with Crippen molar-refractivity contribution in [3.05, 3.63) is 41.4 Å². The molecule has 15 heavy (non-hydrogen) atoms. The standard InChI is InChI=1S/C9H7ClN4O/c10-7-3-6(9(11)15)1-2-8(7)14-5-12-4-13-14/h1-5H,(H2,11,15). The summed E-state index contributed by atoms with van der Waals surface area (Å²) in [6.45, 7) is 0. The summed E-state index contributed by atoms with van der Waals surface area (Å²) in [6.07, 6.45) is 2.92. The van der Waals surface area contributed by atoms with Crippen LogP contribution in [0.15, 0.2) is 30.9 Å². The van der Waals surface area contributed by atoms with Gasteiger partial charge >= 0.3 is 0 Å². The van der Waals surface area contributed by atoms with Crippen LogP contribution in [0.1, 0.15) is 10.4 Å². The molecule has 2 N–H and O–H groups in total. The lowest BCUT2D eigenvalue weighted by atomic mass is 10.2. The lowest BCUT2D eigenvalue weighted by Gasteiger charge is -2.04. The Morgan fingerprint density at radius 3 is 2.80 bits per heavy atom. The number of primary amides is 1. The minimum atomic E-state index is -0.512. The first-order valence-electron chi connectivity index (χ1n) is 4.13. The van der Waals surface area contributed by atoms with Crippen molar-refractivity contribution < 1.29 is 4.79 Å². The van der Waals surface area contributed by atoms with E-state index in [-0.39, 0.29) is 0 Å². The van der Waals surface area contributed by atoms with Crippen LogP contribution < -0.4 is 5.73 Å². The predicted octanol–water partition coefficient (Wildman–Crippen LogP) is 1.02. The average molecular weight is 223 g/mol. The van der Waals surface area contributed by atoms with Gasteiger partial charge < -0.3 is 5.73 Å². The summed E-state index contributed by atoms with van der Waals surface area (Å²) in [5, 5.41) is 4.33. The number of halogens is 1. The van der Waals surface area contributed by atoms with E-state index in [1.165, 1.54) is 23.4 Å². The van der Waals surface area contributed by atoms with Crippen molar-refractivity contribution >= 4 is 17.5 Å². The molecule has 2 rings (SSSR count). The number of carbonyl (C=O) groups is 1. The predicted molar refractivity (Wildman–Crippen MR) is 54.9 cm³/mol. The van der Waals surface area contributed by atoms with E-state index in [9.17, 15) is 4.79 Å². The van der Waals surface area contributed by atoms with Crippen LogP contribution in [0.5, 0.6) is 0 Å². The van der Waals surface area contributed by atoms with E-state index in [4.69, 9.17) is 17.3 Å². The minimum absolute atomic E-state index is 0.365. The second-order valence-electron chi connectivity index (χ2n) is 2.87. The number of aromatic nitrogens is 3. The minimum Gasteiger partial charge on any atom is -0.366 e. The van der Waals surface area contributed by atoms with Gasteiger partial charge in [0, 0.05) is 5.56 Å². The number of carbonyl (C=O) groups excluding carboxylic acids is 1. The van der Waals surface area contributed by atoms with E-state index in [0.29, 0.717) is 16.3 Å². The molecule has 0 aliphatic heterocycles. The van der Waals surface area contributed by atoms with Gasteiger partial charge in [-0.1, -0.05) is 11.6 Å². The number of hydrogen-bond donors (Lipinski definition) is 1. The van der Waals surface area contributed by atoms with Gasteiger partial charge in [-0.05, 0) is 18.2 Å². The normalized spacial score (nSPS) is 10.2. The highest BCUT2D eigenvalue weighted by Crippen LogP contribution is 2.20. The zero-order valence-corrected chi connectivity index (χ0v) is 8.35. The van der Waals surface area contributed by atoms with Crippen LogP contribution in [-0.2, 0) is 0 Å². The van der Waals surface area contributed by atoms with Gasteiger partial charge in [-0.3, -0.25) is 4.79 Å². The van der Waals surface area contributed by atoms with Gasteiger partial charge in [0.2, 0.25) is 5.91 Å². The molecule has 2 aromatic rings. The maximum atomic E-state index is 10.9. The molecule has 1 heterocycles. The smallest absolute Gasteiger partial charge is 0.248 e. The zero-order valence-electron chi connectivity index (χ0n) is 7.59. The van der Waals surface area contributed by atoms with Gasteiger partial charge in [0.25, 0.3) is 0 Å². The summed E-state index contributed by atoms with van der Waals surface area (Å²) >= 11 is 5.97. The Morgan fingerprint density at radius 2 is 2.27 bits per heavy atom.